The molecule has 0 fully saturated rings. The number of hydrogen-bond acceptors (Lipinski definition) is 2. The maximum atomic E-state index is 13.1. The fourth-order valence-corrected chi connectivity index (χ4v) is 1.33. The van der Waals surface area contributed by atoms with E-state index in [0.29, 0.717) is 13.1 Å². The highest BCUT2D eigenvalue weighted by molar-refractivity contribution is 5.83. The van der Waals surface area contributed by atoms with Crippen LogP contribution in [0.5, 0.6) is 0 Å². The van der Waals surface area contributed by atoms with E-state index in [1.54, 1.807) is 0 Å². The maximum absolute atomic E-state index is 13.1. The third-order valence-electron chi connectivity index (χ3n) is 2.42. The van der Waals surface area contributed by atoms with E-state index >= 15 is 0 Å². The summed E-state index contributed by atoms with van der Waals surface area (Å²) in [5.74, 6) is -4.54. The molecule has 0 spiro atoms. The first-order valence-corrected chi connectivity index (χ1v) is 5.86. The molecule has 2 N–H and O–H groups in total. The number of amides is 1. The van der Waals surface area contributed by atoms with Gasteiger partial charge in [-0.1, -0.05) is 26.7 Å². The number of hydrogen-bond donors (Lipinski definition) is 1. The van der Waals surface area contributed by atoms with Crippen LogP contribution in [0, 0.1) is 0 Å². The molecule has 0 atom stereocenters. The molecule has 0 aliphatic carbocycles. The molecule has 0 aliphatic heterocycles. The van der Waals surface area contributed by atoms with Crippen LogP contribution >= 0.6 is 0 Å². The molecule has 1 amide bonds. The third-order valence-corrected chi connectivity index (χ3v) is 2.42. The van der Waals surface area contributed by atoms with E-state index in [4.69, 9.17) is 5.73 Å². The Balaban J connectivity index is 4.42. The van der Waals surface area contributed by atoms with Crippen molar-refractivity contribution in [3.8, 4) is 0 Å². The van der Waals surface area contributed by atoms with Gasteiger partial charge in [-0.15, -0.1) is 0 Å². The fourth-order valence-electron chi connectivity index (χ4n) is 1.33. The summed E-state index contributed by atoms with van der Waals surface area (Å²) in [6.45, 7) is 3.80. The van der Waals surface area contributed by atoms with Crippen molar-refractivity contribution >= 4 is 5.91 Å². The lowest BCUT2D eigenvalue weighted by Crippen LogP contribution is -2.48. The SMILES string of the molecule is CCCCN(CCCC)C(=O)C(F)(F)CN. The van der Waals surface area contributed by atoms with Crippen LogP contribution < -0.4 is 5.73 Å². The Morgan fingerprint density at radius 3 is 1.94 bits per heavy atom. The summed E-state index contributed by atoms with van der Waals surface area (Å²) in [7, 11) is 0. The fraction of sp³-hybridized carbons (Fsp3) is 0.909. The number of nitrogens with zero attached hydrogens (tertiary/aromatic N) is 1. The summed E-state index contributed by atoms with van der Waals surface area (Å²) in [6, 6.07) is 0. The van der Waals surface area contributed by atoms with Crippen LogP contribution in [-0.4, -0.2) is 36.4 Å². The minimum Gasteiger partial charge on any atom is -0.337 e. The van der Waals surface area contributed by atoms with Crippen LogP contribution in [0.4, 0.5) is 8.78 Å². The topological polar surface area (TPSA) is 46.3 Å². The normalized spacial score (nSPS) is 11.6. The van der Waals surface area contributed by atoms with E-state index in [1.165, 1.54) is 4.90 Å². The lowest BCUT2D eigenvalue weighted by Gasteiger charge is -2.26. The van der Waals surface area contributed by atoms with Crippen molar-refractivity contribution in [2.24, 2.45) is 5.73 Å². The first-order chi connectivity index (χ1) is 7.49. The molecule has 16 heavy (non-hydrogen) atoms. The smallest absolute Gasteiger partial charge is 0.336 e. The molecular formula is C11H22F2N2O. The highest BCUT2D eigenvalue weighted by atomic mass is 19.3. The summed E-state index contributed by atoms with van der Waals surface area (Å²) in [5.41, 5.74) is 4.90. The predicted molar refractivity (Wildman–Crippen MR) is 60.4 cm³/mol. The van der Waals surface area contributed by atoms with Crippen LogP contribution in [0.1, 0.15) is 39.5 Å². The van der Waals surface area contributed by atoms with E-state index < -0.39 is 18.4 Å². The molecule has 96 valence electrons. The van der Waals surface area contributed by atoms with Crippen LogP contribution in [0.2, 0.25) is 0 Å². The molecule has 0 aromatic carbocycles. The molecule has 0 unspecified atom stereocenters. The zero-order chi connectivity index (χ0) is 12.6. The van der Waals surface area contributed by atoms with Crippen molar-refractivity contribution in [1.82, 2.24) is 4.90 Å². The van der Waals surface area contributed by atoms with Crippen molar-refractivity contribution in [1.29, 1.82) is 0 Å². The van der Waals surface area contributed by atoms with Crippen LogP contribution in [0.15, 0.2) is 0 Å². The number of alkyl halides is 2. The summed E-state index contributed by atoms with van der Waals surface area (Å²) in [6.07, 6.45) is 3.25. The molecule has 0 aliphatic rings. The number of nitrogens with two attached hydrogens (primary N) is 1. The van der Waals surface area contributed by atoms with Gasteiger partial charge < -0.3 is 10.6 Å². The van der Waals surface area contributed by atoms with Gasteiger partial charge in [0.25, 0.3) is 5.91 Å². The van der Waals surface area contributed by atoms with Gasteiger partial charge in [0.1, 0.15) is 0 Å². The molecule has 0 saturated carbocycles. The summed E-state index contributed by atoms with van der Waals surface area (Å²) in [4.78, 5) is 12.7. The second kappa shape index (κ2) is 7.54. The average Bonchev–Trinajstić information content (AvgIpc) is 2.28. The highest BCUT2D eigenvalue weighted by Crippen LogP contribution is 2.16. The van der Waals surface area contributed by atoms with Gasteiger partial charge in [-0.3, -0.25) is 4.79 Å². The van der Waals surface area contributed by atoms with Crippen molar-refractivity contribution < 1.29 is 13.6 Å². The summed E-state index contributed by atoms with van der Waals surface area (Å²) in [5, 5.41) is 0. The number of rotatable bonds is 8. The Labute approximate surface area is 96.0 Å². The molecule has 0 aromatic heterocycles. The van der Waals surface area contributed by atoms with E-state index in [-0.39, 0.29) is 0 Å². The lowest BCUT2D eigenvalue weighted by atomic mass is 10.2. The van der Waals surface area contributed by atoms with Gasteiger partial charge >= 0.3 is 5.92 Å². The molecular weight excluding hydrogens is 214 g/mol. The van der Waals surface area contributed by atoms with Crippen molar-refractivity contribution in [3.63, 3.8) is 0 Å². The molecule has 3 nitrogen and oxygen atoms in total. The van der Waals surface area contributed by atoms with E-state index in [2.05, 4.69) is 0 Å². The number of halogens is 2. The summed E-state index contributed by atoms with van der Waals surface area (Å²) >= 11 is 0. The minimum absolute atomic E-state index is 0.394. The molecule has 0 aromatic rings. The second-order valence-corrected chi connectivity index (χ2v) is 3.91. The van der Waals surface area contributed by atoms with Gasteiger partial charge in [0.05, 0.1) is 6.54 Å². The second-order valence-electron chi connectivity index (χ2n) is 3.91. The third kappa shape index (κ3) is 4.88. The molecule has 0 bridgehead atoms. The predicted octanol–water partition coefficient (Wildman–Crippen LogP) is 2.01. The van der Waals surface area contributed by atoms with Crippen molar-refractivity contribution in [2.75, 3.05) is 19.6 Å². The lowest BCUT2D eigenvalue weighted by molar-refractivity contribution is -0.156. The highest BCUT2D eigenvalue weighted by Gasteiger charge is 2.40. The van der Waals surface area contributed by atoms with Gasteiger partial charge in [-0.2, -0.15) is 8.78 Å². The van der Waals surface area contributed by atoms with Crippen molar-refractivity contribution in [2.45, 2.75) is 45.5 Å². The molecule has 0 rings (SSSR count). The number of unbranched alkanes of at least 4 members (excludes halogenated alkanes) is 2. The Bertz CT molecular complexity index is 202. The molecule has 5 heteroatoms. The van der Waals surface area contributed by atoms with Gasteiger partial charge in [0.15, 0.2) is 0 Å². The molecule has 0 heterocycles. The van der Waals surface area contributed by atoms with Crippen LogP contribution in [-0.2, 0) is 4.79 Å². The van der Waals surface area contributed by atoms with E-state index in [0.717, 1.165) is 25.7 Å². The summed E-state index contributed by atoms with van der Waals surface area (Å²) < 4.78 is 26.3. The number of carbonyl (C=O) groups excluding carboxylic acids is 1. The largest absolute Gasteiger partial charge is 0.337 e. The monoisotopic (exact) mass is 236 g/mol. The minimum atomic E-state index is -3.42. The quantitative estimate of drug-likeness (QED) is 0.700. The first kappa shape index (κ1) is 15.3. The van der Waals surface area contributed by atoms with Gasteiger partial charge in [0.2, 0.25) is 0 Å². The average molecular weight is 236 g/mol. The molecule has 0 radical (unpaired) electrons. The standard InChI is InChI=1S/C11H22F2N2O/c1-3-5-7-15(8-6-4-2)10(16)11(12,13)9-14/h3-9,14H2,1-2H3. The number of carbonyl (C=O) groups is 1. The van der Waals surface area contributed by atoms with Gasteiger partial charge in [-0.05, 0) is 12.8 Å². The van der Waals surface area contributed by atoms with Crippen molar-refractivity contribution in [3.05, 3.63) is 0 Å². The Morgan fingerprint density at radius 2 is 1.62 bits per heavy atom. The van der Waals surface area contributed by atoms with Crippen LogP contribution in [0.3, 0.4) is 0 Å². The maximum Gasteiger partial charge on any atom is 0.336 e. The van der Waals surface area contributed by atoms with Gasteiger partial charge in [-0.25, -0.2) is 0 Å². The van der Waals surface area contributed by atoms with Crippen LogP contribution in [0.25, 0.3) is 0 Å². The Kier molecular flexibility index (Phi) is 7.21. The zero-order valence-corrected chi connectivity index (χ0v) is 10.1. The van der Waals surface area contributed by atoms with E-state index in [9.17, 15) is 13.6 Å². The van der Waals surface area contributed by atoms with E-state index in [1.807, 2.05) is 13.8 Å². The Hall–Kier alpha value is -0.710. The Morgan fingerprint density at radius 1 is 1.19 bits per heavy atom. The first-order valence-electron chi connectivity index (χ1n) is 5.86. The molecule has 0 saturated heterocycles. The zero-order valence-electron chi connectivity index (χ0n) is 10.1. The van der Waals surface area contributed by atoms with Gasteiger partial charge in [0, 0.05) is 13.1 Å².